The molecule has 0 saturated carbocycles. The lowest BCUT2D eigenvalue weighted by Crippen LogP contribution is -2.55. The van der Waals surface area contributed by atoms with Gasteiger partial charge in [0.05, 0.1) is 6.04 Å². The van der Waals surface area contributed by atoms with Crippen molar-refractivity contribution in [1.29, 1.82) is 0 Å². The Balaban J connectivity index is 3.21. The number of carbonyl (C=O) groups is 2. The molecule has 0 aromatic carbocycles. The summed E-state index contributed by atoms with van der Waals surface area (Å²) < 4.78 is 5.53. The van der Waals surface area contributed by atoms with E-state index in [1.807, 2.05) is 66.7 Å². The second-order valence-electron chi connectivity index (χ2n) is 8.16. The van der Waals surface area contributed by atoms with E-state index in [1.165, 1.54) is 0 Å². The first kappa shape index (κ1) is 18.5. The van der Waals surface area contributed by atoms with Gasteiger partial charge < -0.3 is 9.64 Å². The molecule has 1 saturated heterocycles. The molecule has 0 aliphatic carbocycles. The summed E-state index contributed by atoms with van der Waals surface area (Å²) in [7, 11) is 3.76. The average Bonchev–Trinajstić information content (AvgIpc) is 2.26. The zero-order valence-electron chi connectivity index (χ0n) is 15.2. The number of amides is 1. The third-order valence-corrected chi connectivity index (χ3v) is 3.35. The monoisotopic (exact) mass is 310 g/mol. The fourth-order valence-electron chi connectivity index (χ4n) is 2.69. The van der Waals surface area contributed by atoms with E-state index in [9.17, 15) is 9.59 Å². The highest BCUT2D eigenvalue weighted by Gasteiger charge is 2.43. The molecule has 0 radical (unpaired) electrons. The highest BCUT2D eigenvalue weighted by molar-refractivity contribution is 5.98. The van der Waals surface area contributed by atoms with E-state index in [-0.39, 0.29) is 23.3 Å². The summed E-state index contributed by atoms with van der Waals surface area (Å²) in [6.07, 6.45) is 1.81. The van der Waals surface area contributed by atoms with Crippen LogP contribution in [0.4, 0.5) is 4.79 Å². The van der Waals surface area contributed by atoms with Crippen LogP contribution in [0, 0.1) is 5.41 Å². The first-order valence-electron chi connectivity index (χ1n) is 7.74. The molecule has 0 N–H and O–H groups in total. The Labute approximate surface area is 134 Å². The minimum atomic E-state index is -0.549. The van der Waals surface area contributed by atoms with E-state index in [0.29, 0.717) is 18.5 Å². The van der Waals surface area contributed by atoms with Gasteiger partial charge in [-0.2, -0.15) is 0 Å². The van der Waals surface area contributed by atoms with Gasteiger partial charge in [0.1, 0.15) is 5.60 Å². The maximum atomic E-state index is 12.6. The number of likely N-dealkylation sites (tertiary alicyclic amines) is 1. The summed E-state index contributed by atoms with van der Waals surface area (Å²) in [4.78, 5) is 28.5. The molecule has 5 nitrogen and oxygen atoms in total. The molecule has 0 bridgehead atoms. The fourth-order valence-corrected chi connectivity index (χ4v) is 2.69. The zero-order chi connectivity index (χ0) is 17.3. The van der Waals surface area contributed by atoms with Gasteiger partial charge in [-0.1, -0.05) is 20.8 Å². The van der Waals surface area contributed by atoms with Gasteiger partial charge in [-0.05, 0) is 26.2 Å². The van der Waals surface area contributed by atoms with E-state index < -0.39 is 5.60 Å². The first-order chi connectivity index (χ1) is 9.83. The smallest absolute Gasteiger partial charge is 0.410 e. The Hall–Kier alpha value is -1.52. The number of hydrogen-bond acceptors (Lipinski definition) is 4. The Morgan fingerprint density at radius 3 is 2.18 bits per heavy atom. The lowest BCUT2D eigenvalue weighted by Gasteiger charge is -2.44. The van der Waals surface area contributed by atoms with Gasteiger partial charge in [0.2, 0.25) is 0 Å². The normalized spacial score (nSPS) is 22.0. The molecular weight excluding hydrogens is 280 g/mol. The molecule has 1 aliphatic rings. The zero-order valence-corrected chi connectivity index (χ0v) is 15.2. The van der Waals surface area contributed by atoms with Crippen LogP contribution in [0.1, 0.15) is 48.0 Å². The van der Waals surface area contributed by atoms with Crippen molar-refractivity contribution in [3.05, 3.63) is 11.8 Å². The summed E-state index contributed by atoms with van der Waals surface area (Å²) in [5.74, 6) is 0.105. The van der Waals surface area contributed by atoms with Crippen LogP contribution in [0.5, 0.6) is 0 Å². The van der Waals surface area contributed by atoms with Gasteiger partial charge in [-0.25, -0.2) is 4.79 Å². The highest BCUT2D eigenvalue weighted by atomic mass is 16.6. The van der Waals surface area contributed by atoms with Crippen LogP contribution in [-0.4, -0.2) is 54.0 Å². The van der Waals surface area contributed by atoms with Gasteiger partial charge in [0.15, 0.2) is 5.78 Å². The van der Waals surface area contributed by atoms with Gasteiger partial charge in [0.25, 0.3) is 0 Å². The number of ketones is 1. The van der Waals surface area contributed by atoms with Crippen LogP contribution in [-0.2, 0) is 9.53 Å². The Kier molecular flexibility index (Phi) is 5.31. The third-order valence-electron chi connectivity index (χ3n) is 3.35. The summed E-state index contributed by atoms with van der Waals surface area (Å²) >= 11 is 0. The van der Waals surface area contributed by atoms with Crippen molar-refractivity contribution >= 4 is 11.9 Å². The standard InChI is InChI=1S/C17H30N2O3/c1-16(2,3)14-12(11-18(7)8)13(20)9-10-19(14)15(21)22-17(4,5)6/h11,14H,9-10H2,1-8H3/b12-11+. The minimum Gasteiger partial charge on any atom is -0.444 e. The van der Waals surface area contributed by atoms with Crippen molar-refractivity contribution in [2.24, 2.45) is 5.41 Å². The van der Waals surface area contributed by atoms with Crippen LogP contribution in [0.3, 0.4) is 0 Å². The predicted molar refractivity (Wildman–Crippen MR) is 87.6 cm³/mol. The van der Waals surface area contributed by atoms with Crippen LogP contribution < -0.4 is 0 Å². The second kappa shape index (κ2) is 6.31. The van der Waals surface area contributed by atoms with Crippen molar-refractivity contribution in [1.82, 2.24) is 9.80 Å². The molecule has 1 heterocycles. The van der Waals surface area contributed by atoms with E-state index in [0.717, 1.165) is 0 Å². The largest absolute Gasteiger partial charge is 0.444 e. The maximum Gasteiger partial charge on any atom is 0.410 e. The summed E-state index contributed by atoms with van der Waals surface area (Å²) in [5.41, 5.74) is -0.129. The second-order valence-corrected chi connectivity index (χ2v) is 8.16. The Bertz CT molecular complexity index is 467. The number of ether oxygens (including phenoxy) is 1. The number of piperidine rings is 1. The molecule has 1 rings (SSSR count). The van der Waals surface area contributed by atoms with Crippen LogP contribution in [0.25, 0.3) is 0 Å². The number of rotatable bonds is 1. The Morgan fingerprint density at radius 1 is 1.23 bits per heavy atom. The lowest BCUT2D eigenvalue weighted by molar-refractivity contribution is -0.119. The first-order valence-corrected chi connectivity index (χ1v) is 7.74. The molecule has 0 aromatic rings. The van der Waals surface area contributed by atoms with Crippen molar-refractivity contribution < 1.29 is 14.3 Å². The number of carbonyl (C=O) groups excluding carboxylic acids is 2. The van der Waals surface area contributed by atoms with Gasteiger partial charge in [-0.15, -0.1) is 0 Å². The highest BCUT2D eigenvalue weighted by Crippen LogP contribution is 2.35. The van der Waals surface area contributed by atoms with E-state index >= 15 is 0 Å². The van der Waals surface area contributed by atoms with Crippen LogP contribution >= 0.6 is 0 Å². The Morgan fingerprint density at radius 2 is 1.77 bits per heavy atom. The van der Waals surface area contributed by atoms with E-state index in [1.54, 1.807) is 4.90 Å². The quantitative estimate of drug-likeness (QED) is 0.699. The molecule has 1 unspecified atom stereocenters. The number of hydrogen-bond donors (Lipinski definition) is 0. The molecule has 5 heteroatoms. The van der Waals surface area contributed by atoms with E-state index in [4.69, 9.17) is 4.74 Å². The van der Waals surface area contributed by atoms with Gasteiger partial charge in [0, 0.05) is 38.8 Å². The fraction of sp³-hybridized carbons (Fsp3) is 0.765. The van der Waals surface area contributed by atoms with Crippen molar-refractivity contribution in [2.45, 2.75) is 59.6 Å². The van der Waals surface area contributed by atoms with Crippen LogP contribution in [0.15, 0.2) is 11.8 Å². The SMILES string of the molecule is CN(C)/C=C1\C(=O)CCN(C(=O)OC(C)(C)C)C1C(C)(C)C. The molecule has 126 valence electrons. The maximum absolute atomic E-state index is 12.6. The van der Waals surface area contributed by atoms with Gasteiger partial charge >= 0.3 is 6.09 Å². The predicted octanol–water partition coefficient (Wildman–Crippen LogP) is 3.06. The van der Waals surface area contributed by atoms with Crippen molar-refractivity contribution in [3.63, 3.8) is 0 Å². The van der Waals surface area contributed by atoms with Crippen molar-refractivity contribution in [3.8, 4) is 0 Å². The molecule has 1 aliphatic heterocycles. The average molecular weight is 310 g/mol. The van der Waals surface area contributed by atoms with Gasteiger partial charge in [-0.3, -0.25) is 9.69 Å². The van der Waals surface area contributed by atoms with Crippen molar-refractivity contribution in [2.75, 3.05) is 20.6 Å². The number of Topliss-reactive ketones (excluding diaryl/α,β-unsaturated/α-hetero) is 1. The third kappa shape index (κ3) is 4.75. The summed E-state index contributed by atoms with van der Waals surface area (Å²) in [6, 6.07) is -0.286. The molecule has 1 fully saturated rings. The number of nitrogens with zero attached hydrogens (tertiary/aromatic N) is 2. The topological polar surface area (TPSA) is 49.9 Å². The summed E-state index contributed by atoms with van der Waals surface area (Å²) in [5, 5.41) is 0. The molecule has 1 atom stereocenters. The molecule has 0 aromatic heterocycles. The lowest BCUT2D eigenvalue weighted by atomic mass is 9.77. The summed E-state index contributed by atoms with van der Waals surface area (Å²) in [6.45, 7) is 12.1. The minimum absolute atomic E-state index is 0.105. The molecule has 22 heavy (non-hydrogen) atoms. The van der Waals surface area contributed by atoms with E-state index in [2.05, 4.69) is 0 Å². The molecule has 0 spiro atoms. The molecule has 1 amide bonds. The van der Waals surface area contributed by atoms with Crippen LogP contribution in [0.2, 0.25) is 0 Å². The molecular formula is C17H30N2O3.